The van der Waals surface area contributed by atoms with Gasteiger partial charge in [0.05, 0.1) is 6.42 Å². The zero-order valence-electron chi connectivity index (χ0n) is 11.4. The molecule has 0 unspecified atom stereocenters. The van der Waals surface area contributed by atoms with Gasteiger partial charge in [0.15, 0.2) is 5.16 Å². The van der Waals surface area contributed by atoms with Crippen molar-refractivity contribution in [2.24, 2.45) is 0 Å². The minimum atomic E-state index is -0.454. The van der Waals surface area contributed by atoms with Gasteiger partial charge in [-0.25, -0.2) is 9.89 Å². The summed E-state index contributed by atoms with van der Waals surface area (Å²) in [4.78, 5) is 23.1. The Hall–Kier alpha value is -1.24. The van der Waals surface area contributed by atoms with Crippen molar-refractivity contribution in [3.8, 4) is 0 Å². The van der Waals surface area contributed by atoms with Crippen LogP contribution in [0.1, 0.15) is 46.1 Å². The zero-order valence-corrected chi connectivity index (χ0v) is 12.2. The first kappa shape index (κ1) is 14.2. The van der Waals surface area contributed by atoms with Crippen molar-refractivity contribution < 1.29 is 9.53 Å². The number of hydrogen-bond acceptors (Lipinski definition) is 5. The maximum atomic E-state index is 11.6. The third-order valence-corrected chi connectivity index (χ3v) is 3.50. The fraction of sp³-hybridized carbons (Fsp3) is 0.750. The summed E-state index contributed by atoms with van der Waals surface area (Å²) in [6.45, 7) is 5.53. The molecule has 1 aliphatic rings. The lowest BCUT2D eigenvalue weighted by Crippen LogP contribution is -2.24. The predicted molar refractivity (Wildman–Crippen MR) is 72.3 cm³/mol. The molecule has 1 N–H and O–H groups in total. The lowest BCUT2D eigenvalue weighted by atomic mass is 10.2. The molecular weight excluding hydrogens is 266 g/mol. The maximum Gasteiger partial charge on any atom is 0.344 e. The van der Waals surface area contributed by atoms with Crippen LogP contribution in [0.2, 0.25) is 0 Å². The summed E-state index contributed by atoms with van der Waals surface area (Å²) in [6.07, 6.45) is 2.37. The second-order valence-electron chi connectivity index (χ2n) is 5.60. The quantitative estimate of drug-likeness (QED) is 0.658. The smallest absolute Gasteiger partial charge is 0.344 e. The van der Waals surface area contributed by atoms with Gasteiger partial charge >= 0.3 is 11.7 Å². The highest BCUT2D eigenvalue weighted by molar-refractivity contribution is 7.99. The highest BCUT2D eigenvalue weighted by Gasteiger charge is 2.28. The highest BCUT2D eigenvalue weighted by Crippen LogP contribution is 2.36. The Labute approximate surface area is 115 Å². The van der Waals surface area contributed by atoms with E-state index >= 15 is 0 Å². The molecule has 106 valence electrons. The van der Waals surface area contributed by atoms with E-state index in [1.807, 2.05) is 20.8 Å². The van der Waals surface area contributed by atoms with E-state index in [9.17, 15) is 9.59 Å². The average molecular weight is 285 g/mol. The first-order valence-corrected chi connectivity index (χ1v) is 7.37. The van der Waals surface area contributed by atoms with Gasteiger partial charge in [-0.3, -0.25) is 9.36 Å². The fourth-order valence-electron chi connectivity index (χ4n) is 1.66. The number of hydrogen-bond donors (Lipinski definition) is 1. The van der Waals surface area contributed by atoms with Crippen LogP contribution in [0.5, 0.6) is 0 Å². The molecule has 1 saturated carbocycles. The Kier molecular flexibility index (Phi) is 4.03. The van der Waals surface area contributed by atoms with Crippen LogP contribution >= 0.6 is 11.8 Å². The van der Waals surface area contributed by atoms with Gasteiger partial charge in [-0.1, -0.05) is 11.8 Å². The monoisotopic (exact) mass is 285 g/mol. The molecule has 0 aliphatic heterocycles. The molecule has 0 spiro atoms. The SMILES string of the molecule is CC(C)(C)OC(=O)CCSc1n[nH]c(=O)n1C1CC1. The molecule has 2 rings (SSSR count). The number of rotatable bonds is 5. The summed E-state index contributed by atoms with van der Waals surface area (Å²) in [5.74, 6) is 0.335. The van der Waals surface area contributed by atoms with Crippen molar-refractivity contribution in [3.63, 3.8) is 0 Å². The summed E-state index contributed by atoms with van der Waals surface area (Å²) in [5.41, 5.74) is -0.619. The van der Waals surface area contributed by atoms with Crippen molar-refractivity contribution in [1.29, 1.82) is 0 Å². The first-order valence-electron chi connectivity index (χ1n) is 6.38. The fourth-order valence-corrected chi connectivity index (χ4v) is 2.60. The minimum Gasteiger partial charge on any atom is -0.460 e. The van der Waals surface area contributed by atoms with Crippen molar-refractivity contribution in [1.82, 2.24) is 14.8 Å². The zero-order chi connectivity index (χ0) is 14.0. The molecule has 1 aromatic rings. The molecule has 0 bridgehead atoms. The molecule has 0 saturated heterocycles. The molecule has 1 aromatic heterocycles. The number of carbonyl (C=O) groups excluding carboxylic acids is 1. The van der Waals surface area contributed by atoms with E-state index < -0.39 is 5.60 Å². The van der Waals surface area contributed by atoms with Crippen LogP contribution < -0.4 is 5.69 Å². The van der Waals surface area contributed by atoms with Gasteiger partial charge in [0.2, 0.25) is 0 Å². The van der Waals surface area contributed by atoms with E-state index in [0.29, 0.717) is 17.3 Å². The van der Waals surface area contributed by atoms with Crippen LogP contribution in [0.25, 0.3) is 0 Å². The summed E-state index contributed by atoms with van der Waals surface area (Å²) >= 11 is 1.41. The number of aromatic amines is 1. The van der Waals surface area contributed by atoms with Crippen molar-refractivity contribution in [3.05, 3.63) is 10.5 Å². The van der Waals surface area contributed by atoms with Crippen LogP contribution in [-0.2, 0) is 9.53 Å². The second-order valence-corrected chi connectivity index (χ2v) is 6.66. The van der Waals surface area contributed by atoms with E-state index in [1.165, 1.54) is 11.8 Å². The number of nitrogens with zero attached hydrogens (tertiary/aromatic N) is 2. The third kappa shape index (κ3) is 4.12. The summed E-state index contributed by atoms with van der Waals surface area (Å²) in [7, 11) is 0. The van der Waals surface area contributed by atoms with E-state index in [0.717, 1.165) is 12.8 Å². The summed E-state index contributed by atoms with van der Waals surface area (Å²) in [6, 6.07) is 0.287. The van der Waals surface area contributed by atoms with Crippen LogP contribution in [0.15, 0.2) is 9.95 Å². The number of ether oxygens (including phenoxy) is 1. The highest BCUT2D eigenvalue weighted by atomic mass is 32.2. The van der Waals surface area contributed by atoms with E-state index in [4.69, 9.17) is 4.74 Å². The molecule has 19 heavy (non-hydrogen) atoms. The summed E-state index contributed by atoms with van der Waals surface area (Å²) < 4.78 is 6.90. The molecule has 0 amide bonds. The maximum absolute atomic E-state index is 11.6. The molecule has 0 atom stereocenters. The van der Waals surface area contributed by atoms with E-state index in [1.54, 1.807) is 4.57 Å². The standard InChI is InChI=1S/C12H19N3O3S/c1-12(2,3)18-9(16)6-7-19-11-14-13-10(17)15(11)8-4-5-8/h8H,4-7H2,1-3H3,(H,13,17). The molecule has 0 radical (unpaired) electrons. The molecular formula is C12H19N3O3S. The Morgan fingerprint density at radius 1 is 1.53 bits per heavy atom. The third-order valence-electron chi connectivity index (χ3n) is 2.54. The first-order chi connectivity index (χ1) is 8.87. The normalized spacial score (nSPS) is 15.5. The largest absolute Gasteiger partial charge is 0.460 e. The van der Waals surface area contributed by atoms with Gasteiger partial charge < -0.3 is 4.74 Å². The van der Waals surface area contributed by atoms with Gasteiger partial charge in [-0.05, 0) is 33.6 Å². The Balaban J connectivity index is 1.83. The topological polar surface area (TPSA) is 77.0 Å². The van der Waals surface area contributed by atoms with Gasteiger partial charge in [0.1, 0.15) is 5.60 Å². The van der Waals surface area contributed by atoms with Crippen LogP contribution in [0.4, 0.5) is 0 Å². The van der Waals surface area contributed by atoms with Gasteiger partial charge in [0, 0.05) is 11.8 Å². The lowest BCUT2D eigenvalue weighted by molar-refractivity contribution is -0.154. The van der Waals surface area contributed by atoms with Crippen LogP contribution in [-0.4, -0.2) is 32.1 Å². The van der Waals surface area contributed by atoms with E-state index in [2.05, 4.69) is 10.2 Å². The molecule has 6 nitrogen and oxygen atoms in total. The van der Waals surface area contributed by atoms with Gasteiger partial charge in [-0.2, -0.15) is 0 Å². The number of carbonyl (C=O) groups is 1. The van der Waals surface area contributed by atoms with Gasteiger partial charge in [0.25, 0.3) is 0 Å². The van der Waals surface area contributed by atoms with Crippen molar-refractivity contribution >= 4 is 17.7 Å². The van der Waals surface area contributed by atoms with Crippen LogP contribution in [0, 0.1) is 0 Å². The number of nitrogens with one attached hydrogen (secondary N) is 1. The Morgan fingerprint density at radius 2 is 2.21 bits per heavy atom. The second kappa shape index (κ2) is 5.40. The minimum absolute atomic E-state index is 0.165. The van der Waals surface area contributed by atoms with Crippen molar-refractivity contribution in [2.45, 2.75) is 56.8 Å². The Bertz CT molecular complexity index is 511. The summed E-state index contributed by atoms with van der Waals surface area (Å²) in [5, 5.41) is 7.10. The van der Waals surface area contributed by atoms with Crippen molar-refractivity contribution in [2.75, 3.05) is 5.75 Å². The molecule has 7 heteroatoms. The number of thioether (sulfide) groups is 1. The average Bonchev–Trinajstić information content (AvgIpc) is 3.02. The number of esters is 1. The predicted octanol–water partition coefficient (Wildman–Crippen LogP) is 1.73. The van der Waals surface area contributed by atoms with Crippen LogP contribution in [0.3, 0.4) is 0 Å². The molecule has 1 heterocycles. The molecule has 0 aromatic carbocycles. The van der Waals surface area contributed by atoms with Gasteiger partial charge in [-0.15, -0.1) is 5.10 Å². The molecule has 1 fully saturated rings. The number of aromatic nitrogens is 3. The number of H-pyrrole nitrogens is 1. The Morgan fingerprint density at radius 3 is 2.79 bits per heavy atom. The lowest BCUT2D eigenvalue weighted by Gasteiger charge is -2.19. The van der Waals surface area contributed by atoms with E-state index in [-0.39, 0.29) is 17.7 Å². The molecule has 1 aliphatic carbocycles.